The SMILES string of the molecule is CCC(C)NS(=O)(=O)c1ccc(C(=O)Nc2nc3ccc(S(C)(=O)=O)cc3s2)cc1. The van der Waals surface area contributed by atoms with Crippen LogP contribution in [0, 0.1) is 0 Å². The molecule has 1 amide bonds. The van der Waals surface area contributed by atoms with Crippen molar-refractivity contribution in [1.82, 2.24) is 9.71 Å². The highest BCUT2D eigenvalue weighted by atomic mass is 32.2. The number of carbonyl (C=O) groups excluding carboxylic acids is 1. The minimum absolute atomic E-state index is 0.0765. The van der Waals surface area contributed by atoms with Gasteiger partial charge in [0.25, 0.3) is 5.91 Å². The summed E-state index contributed by atoms with van der Waals surface area (Å²) in [6.07, 6.45) is 1.79. The van der Waals surface area contributed by atoms with Crippen molar-refractivity contribution in [1.29, 1.82) is 0 Å². The summed E-state index contributed by atoms with van der Waals surface area (Å²) in [7, 11) is -6.99. The quantitative estimate of drug-likeness (QED) is 0.551. The Balaban J connectivity index is 1.77. The molecule has 0 aliphatic rings. The van der Waals surface area contributed by atoms with Crippen LogP contribution in [0.3, 0.4) is 0 Å². The van der Waals surface area contributed by atoms with Crippen molar-refractivity contribution in [2.45, 2.75) is 36.1 Å². The van der Waals surface area contributed by atoms with Crippen molar-refractivity contribution in [3.63, 3.8) is 0 Å². The van der Waals surface area contributed by atoms with Crippen LogP contribution >= 0.6 is 11.3 Å². The highest BCUT2D eigenvalue weighted by Gasteiger charge is 2.18. The number of sulfone groups is 1. The van der Waals surface area contributed by atoms with Crippen LogP contribution in [0.15, 0.2) is 52.3 Å². The number of hydrogen-bond acceptors (Lipinski definition) is 7. The number of fused-ring (bicyclic) bond motifs is 1. The van der Waals surface area contributed by atoms with Crippen molar-refractivity contribution in [3.8, 4) is 0 Å². The Morgan fingerprint density at radius 2 is 1.70 bits per heavy atom. The first-order chi connectivity index (χ1) is 14.0. The van der Waals surface area contributed by atoms with Crippen LogP contribution in [0.2, 0.25) is 0 Å². The molecule has 0 spiro atoms. The molecular formula is C19H21N3O5S3. The Kier molecular flexibility index (Phi) is 6.27. The molecule has 2 N–H and O–H groups in total. The maximum Gasteiger partial charge on any atom is 0.257 e. The van der Waals surface area contributed by atoms with Gasteiger partial charge in [-0.05, 0) is 55.8 Å². The van der Waals surface area contributed by atoms with Crippen LogP contribution in [0.25, 0.3) is 10.2 Å². The number of rotatable bonds is 7. The summed E-state index contributed by atoms with van der Waals surface area (Å²) in [5, 5.41) is 2.97. The summed E-state index contributed by atoms with van der Waals surface area (Å²) in [6, 6.07) is 9.97. The average Bonchev–Trinajstić information content (AvgIpc) is 3.08. The lowest BCUT2D eigenvalue weighted by Gasteiger charge is -2.12. The van der Waals surface area contributed by atoms with Crippen LogP contribution in [-0.4, -0.2) is 40.0 Å². The van der Waals surface area contributed by atoms with Gasteiger partial charge in [0.1, 0.15) is 0 Å². The summed E-state index contributed by atoms with van der Waals surface area (Å²) in [5.41, 5.74) is 0.842. The molecule has 0 aliphatic carbocycles. The molecule has 11 heteroatoms. The molecule has 8 nitrogen and oxygen atoms in total. The molecule has 1 aromatic heterocycles. The Hall–Kier alpha value is -2.34. The summed E-state index contributed by atoms with van der Waals surface area (Å²) in [6.45, 7) is 3.65. The van der Waals surface area contributed by atoms with Crippen LogP contribution in [-0.2, 0) is 19.9 Å². The highest BCUT2D eigenvalue weighted by molar-refractivity contribution is 7.90. The number of aromatic nitrogens is 1. The number of amides is 1. The molecule has 0 aliphatic heterocycles. The fraction of sp³-hybridized carbons (Fsp3) is 0.263. The second-order valence-electron chi connectivity index (χ2n) is 6.83. The van der Waals surface area contributed by atoms with Crippen LogP contribution in [0.4, 0.5) is 5.13 Å². The molecule has 160 valence electrons. The highest BCUT2D eigenvalue weighted by Crippen LogP contribution is 2.28. The predicted octanol–water partition coefficient (Wildman–Crippen LogP) is 3.03. The summed E-state index contributed by atoms with van der Waals surface area (Å²) in [4.78, 5) is 17.0. The summed E-state index contributed by atoms with van der Waals surface area (Å²) < 4.78 is 51.2. The zero-order valence-electron chi connectivity index (χ0n) is 16.5. The van der Waals surface area contributed by atoms with E-state index >= 15 is 0 Å². The van der Waals surface area contributed by atoms with E-state index in [1.54, 1.807) is 13.0 Å². The zero-order chi connectivity index (χ0) is 22.1. The molecule has 0 saturated carbocycles. The van der Waals surface area contributed by atoms with Crippen LogP contribution < -0.4 is 10.0 Å². The Morgan fingerprint density at radius 1 is 1.07 bits per heavy atom. The van der Waals surface area contributed by atoms with E-state index in [1.807, 2.05) is 6.92 Å². The van der Waals surface area contributed by atoms with E-state index in [9.17, 15) is 21.6 Å². The maximum atomic E-state index is 12.5. The number of nitrogens with one attached hydrogen (secondary N) is 2. The minimum atomic E-state index is -3.65. The van der Waals surface area contributed by atoms with Crippen molar-refractivity contribution in [2.75, 3.05) is 11.6 Å². The molecular weight excluding hydrogens is 446 g/mol. The number of sulfonamides is 1. The van der Waals surface area contributed by atoms with E-state index in [0.717, 1.165) is 17.6 Å². The zero-order valence-corrected chi connectivity index (χ0v) is 19.0. The predicted molar refractivity (Wildman–Crippen MR) is 117 cm³/mol. The van der Waals surface area contributed by atoms with Gasteiger partial charge in [0.05, 0.1) is 20.0 Å². The molecule has 1 unspecified atom stereocenters. The second-order valence-corrected chi connectivity index (χ2v) is 11.6. The lowest BCUT2D eigenvalue weighted by Crippen LogP contribution is -2.32. The minimum Gasteiger partial charge on any atom is -0.298 e. The van der Waals surface area contributed by atoms with E-state index in [1.165, 1.54) is 36.4 Å². The van der Waals surface area contributed by atoms with E-state index < -0.39 is 25.8 Å². The summed E-state index contributed by atoms with van der Waals surface area (Å²) >= 11 is 1.15. The average molecular weight is 468 g/mol. The first kappa shape index (κ1) is 22.3. The van der Waals surface area contributed by atoms with Gasteiger partial charge in [-0.2, -0.15) is 0 Å². The Bertz CT molecular complexity index is 1300. The largest absolute Gasteiger partial charge is 0.298 e. The topological polar surface area (TPSA) is 122 Å². The number of thiazole rings is 1. The monoisotopic (exact) mass is 467 g/mol. The molecule has 0 bridgehead atoms. The van der Waals surface area contributed by atoms with Crippen molar-refractivity contribution >= 4 is 52.5 Å². The van der Waals surface area contributed by atoms with E-state index in [2.05, 4.69) is 15.0 Å². The molecule has 3 aromatic rings. The normalized spacial score (nSPS) is 13.3. The van der Waals surface area contributed by atoms with Gasteiger partial charge < -0.3 is 0 Å². The number of anilines is 1. The number of benzene rings is 2. The van der Waals surface area contributed by atoms with Gasteiger partial charge in [-0.15, -0.1) is 0 Å². The smallest absolute Gasteiger partial charge is 0.257 e. The fourth-order valence-electron chi connectivity index (χ4n) is 2.56. The number of carbonyl (C=O) groups is 1. The van der Waals surface area contributed by atoms with E-state index in [4.69, 9.17) is 0 Å². The van der Waals surface area contributed by atoms with Gasteiger partial charge in [0.15, 0.2) is 15.0 Å². The third kappa shape index (κ3) is 5.04. The third-order valence-corrected chi connectivity index (χ3v) is 8.05. The molecule has 1 heterocycles. The molecule has 0 fully saturated rings. The molecule has 3 rings (SSSR count). The van der Waals surface area contributed by atoms with E-state index in [0.29, 0.717) is 21.8 Å². The molecule has 2 aromatic carbocycles. The molecule has 1 atom stereocenters. The first-order valence-electron chi connectivity index (χ1n) is 9.04. The van der Waals surface area contributed by atoms with E-state index in [-0.39, 0.29) is 21.4 Å². The third-order valence-electron chi connectivity index (χ3n) is 4.40. The lowest BCUT2D eigenvalue weighted by molar-refractivity contribution is 0.102. The Labute approximate surface area is 179 Å². The van der Waals surface area contributed by atoms with Gasteiger partial charge in [-0.25, -0.2) is 26.5 Å². The standard InChI is InChI=1S/C19H21N3O5S3/c1-4-12(2)22-30(26,27)14-7-5-13(6-8-14)18(23)21-19-20-16-10-9-15(29(3,24)25)11-17(16)28-19/h5-12,22H,4H2,1-3H3,(H,20,21,23). The van der Waals surface area contributed by atoms with Crippen molar-refractivity contribution in [2.24, 2.45) is 0 Å². The van der Waals surface area contributed by atoms with Crippen LogP contribution in [0.1, 0.15) is 30.6 Å². The van der Waals surface area contributed by atoms with Gasteiger partial charge in [-0.1, -0.05) is 18.3 Å². The molecule has 0 radical (unpaired) electrons. The van der Waals surface area contributed by atoms with Gasteiger partial charge in [0.2, 0.25) is 10.0 Å². The molecule has 30 heavy (non-hydrogen) atoms. The summed E-state index contributed by atoms with van der Waals surface area (Å²) in [5.74, 6) is -0.448. The van der Waals surface area contributed by atoms with Crippen molar-refractivity contribution in [3.05, 3.63) is 48.0 Å². The molecule has 0 saturated heterocycles. The van der Waals surface area contributed by atoms with Gasteiger partial charge in [0, 0.05) is 17.9 Å². The fourth-order valence-corrected chi connectivity index (χ4v) is 5.51. The first-order valence-corrected chi connectivity index (χ1v) is 13.2. The van der Waals surface area contributed by atoms with Crippen LogP contribution in [0.5, 0.6) is 0 Å². The number of hydrogen-bond donors (Lipinski definition) is 2. The maximum absolute atomic E-state index is 12.5. The van der Waals surface area contributed by atoms with Gasteiger partial charge >= 0.3 is 0 Å². The number of nitrogens with zero attached hydrogens (tertiary/aromatic N) is 1. The lowest BCUT2D eigenvalue weighted by atomic mass is 10.2. The van der Waals surface area contributed by atoms with Gasteiger partial charge in [-0.3, -0.25) is 10.1 Å². The second kappa shape index (κ2) is 8.42. The van der Waals surface area contributed by atoms with Crippen molar-refractivity contribution < 1.29 is 21.6 Å². The Morgan fingerprint density at radius 3 is 2.30 bits per heavy atom.